The molecule has 5 rings (SSSR count). The maximum atomic E-state index is 13.3. The number of ether oxygens (including phenoxy) is 2. The Morgan fingerprint density at radius 1 is 1.09 bits per heavy atom. The number of nitrogens with zero attached hydrogens (tertiary/aromatic N) is 3. The van der Waals surface area contributed by atoms with Crippen molar-refractivity contribution >= 4 is 17.2 Å². The molecule has 0 saturated heterocycles. The number of carbonyl (C=O) groups excluding carboxylic acids is 1. The fourth-order valence-electron chi connectivity index (χ4n) is 4.37. The molecule has 4 aromatic rings. The van der Waals surface area contributed by atoms with Crippen LogP contribution in [0.4, 0.5) is 0 Å². The topological polar surface area (TPSA) is 68.6 Å². The second-order valence-corrected chi connectivity index (χ2v) is 9.39. The van der Waals surface area contributed by atoms with Gasteiger partial charge in [-0.3, -0.25) is 9.69 Å². The SMILES string of the molecule is COc1ccc(-c2nn(-c3ccccc3)cc2C(=O)NCCN2CCc3sccc3C2)cc1OC. The number of thiophene rings is 1. The summed E-state index contributed by atoms with van der Waals surface area (Å²) in [4.78, 5) is 17.2. The molecule has 3 heterocycles. The normalized spacial score (nSPS) is 13.3. The van der Waals surface area contributed by atoms with E-state index in [0.717, 1.165) is 37.3 Å². The summed E-state index contributed by atoms with van der Waals surface area (Å²) in [6.45, 7) is 3.34. The Morgan fingerprint density at radius 2 is 1.91 bits per heavy atom. The van der Waals surface area contributed by atoms with Crippen LogP contribution in [0.2, 0.25) is 0 Å². The highest BCUT2D eigenvalue weighted by Gasteiger charge is 2.21. The quantitative estimate of drug-likeness (QED) is 0.398. The van der Waals surface area contributed by atoms with Gasteiger partial charge in [0.15, 0.2) is 11.5 Å². The number of nitrogens with one attached hydrogen (secondary N) is 1. The van der Waals surface area contributed by atoms with Gasteiger partial charge < -0.3 is 14.8 Å². The Bertz CT molecular complexity index is 1320. The van der Waals surface area contributed by atoms with Crippen molar-refractivity contribution in [2.75, 3.05) is 33.9 Å². The number of amides is 1. The predicted molar refractivity (Wildman–Crippen MR) is 138 cm³/mol. The molecule has 2 aromatic heterocycles. The van der Waals surface area contributed by atoms with Gasteiger partial charge in [-0.2, -0.15) is 5.10 Å². The van der Waals surface area contributed by atoms with Crippen LogP contribution in [0.1, 0.15) is 20.8 Å². The van der Waals surface area contributed by atoms with Crippen molar-refractivity contribution in [3.05, 3.63) is 82.2 Å². The second-order valence-electron chi connectivity index (χ2n) is 8.39. The van der Waals surface area contributed by atoms with E-state index in [0.29, 0.717) is 29.3 Å². The Balaban J connectivity index is 1.37. The molecular weight excluding hydrogens is 460 g/mol. The van der Waals surface area contributed by atoms with Crippen molar-refractivity contribution in [3.63, 3.8) is 0 Å². The summed E-state index contributed by atoms with van der Waals surface area (Å²) in [5.41, 5.74) is 4.18. The molecule has 1 N–H and O–H groups in total. The molecule has 0 fully saturated rings. The molecule has 8 heteroatoms. The summed E-state index contributed by atoms with van der Waals surface area (Å²) >= 11 is 1.84. The van der Waals surface area contributed by atoms with E-state index < -0.39 is 0 Å². The van der Waals surface area contributed by atoms with Gasteiger partial charge >= 0.3 is 0 Å². The van der Waals surface area contributed by atoms with Gasteiger partial charge in [0.25, 0.3) is 5.91 Å². The average Bonchev–Trinajstić information content (AvgIpc) is 3.56. The van der Waals surface area contributed by atoms with Crippen LogP contribution in [0.25, 0.3) is 16.9 Å². The summed E-state index contributed by atoms with van der Waals surface area (Å²) in [7, 11) is 3.19. The molecule has 0 bridgehead atoms. The Kier molecular flexibility index (Phi) is 6.83. The maximum Gasteiger partial charge on any atom is 0.255 e. The largest absolute Gasteiger partial charge is 0.493 e. The third-order valence-electron chi connectivity index (χ3n) is 6.24. The number of hydrogen-bond acceptors (Lipinski definition) is 6. The molecule has 180 valence electrons. The van der Waals surface area contributed by atoms with Crippen LogP contribution in [0.3, 0.4) is 0 Å². The lowest BCUT2D eigenvalue weighted by atomic mass is 10.1. The first-order valence-electron chi connectivity index (χ1n) is 11.6. The minimum absolute atomic E-state index is 0.148. The predicted octanol–water partition coefficient (Wildman–Crippen LogP) is 4.41. The van der Waals surface area contributed by atoms with Crippen molar-refractivity contribution in [1.82, 2.24) is 20.0 Å². The van der Waals surface area contributed by atoms with Crippen molar-refractivity contribution in [2.24, 2.45) is 0 Å². The molecule has 1 aliphatic heterocycles. The van der Waals surface area contributed by atoms with Crippen molar-refractivity contribution < 1.29 is 14.3 Å². The lowest BCUT2D eigenvalue weighted by Crippen LogP contribution is -2.37. The fourth-order valence-corrected chi connectivity index (χ4v) is 5.26. The lowest BCUT2D eigenvalue weighted by molar-refractivity contribution is 0.0948. The number of para-hydroxylation sites is 1. The molecule has 0 atom stereocenters. The first-order chi connectivity index (χ1) is 17.2. The van der Waals surface area contributed by atoms with E-state index in [2.05, 4.69) is 21.7 Å². The smallest absolute Gasteiger partial charge is 0.255 e. The summed E-state index contributed by atoms with van der Waals surface area (Å²) in [5, 5.41) is 10.0. The van der Waals surface area contributed by atoms with E-state index in [1.807, 2.05) is 59.9 Å². The van der Waals surface area contributed by atoms with E-state index in [4.69, 9.17) is 14.6 Å². The molecule has 2 aromatic carbocycles. The van der Waals surface area contributed by atoms with Gasteiger partial charge in [-0.1, -0.05) is 18.2 Å². The third kappa shape index (κ3) is 4.94. The van der Waals surface area contributed by atoms with E-state index in [9.17, 15) is 4.79 Å². The Hall–Kier alpha value is -3.62. The minimum atomic E-state index is -0.148. The van der Waals surface area contributed by atoms with Gasteiger partial charge in [-0.05, 0) is 53.8 Å². The van der Waals surface area contributed by atoms with Gasteiger partial charge in [0.1, 0.15) is 5.69 Å². The average molecular weight is 489 g/mol. The molecule has 0 spiro atoms. The zero-order valence-corrected chi connectivity index (χ0v) is 20.7. The molecule has 35 heavy (non-hydrogen) atoms. The highest BCUT2D eigenvalue weighted by atomic mass is 32.1. The highest BCUT2D eigenvalue weighted by molar-refractivity contribution is 7.10. The van der Waals surface area contributed by atoms with Crippen molar-refractivity contribution in [2.45, 2.75) is 13.0 Å². The Morgan fingerprint density at radius 3 is 2.71 bits per heavy atom. The molecular formula is C27H28N4O3S. The maximum absolute atomic E-state index is 13.3. The van der Waals surface area contributed by atoms with Crippen LogP contribution in [0.15, 0.2) is 66.2 Å². The molecule has 1 aliphatic rings. The van der Waals surface area contributed by atoms with Crippen LogP contribution >= 0.6 is 11.3 Å². The third-order valence-corrected chi connectivity index (χ3v) is 7.26. The zero-order valence-electron chi connectivity index (χ0n) is 19.9. The molecule has 7 nitrogen and oxygen atoms in total. The van der Waals surface area contributed by atoms with Crippen LogP contribution < -0.4 is 14.8 Å². The number of carbonyl (C=O) groups is 1. The van der Waals surface area contributed by atoms with Gasteiger partial charge in [0.2, 0.25) is 0 Å². The van der Waals surface area contributed by atoms with Crippen molar-refractivity contribution in [1.29, 1.82) is 0 Å². The summed E-state index contributed by atoms with van der Waals surface area (Å²) < 4.78 is 12.6. The number of aromatic nitrogens is 2. The van der Waals surface area contributed by atoms with Gasteiger partial charge in [0.05, 0.1) is 25.5 Å². The number of methoxy groups -OCH3 is 2. The zero-order chi connectivity index (χ0) is 24.2. The number of rotatable bonds is 8. The van der Waals surface area contributed by atoms with Crippen molar-refractivity contribution in [3.8, 4) is 28.4 Å². The van der Waals surface area contributed by atoms with E-state index >= 15 is 0 Å². The standard InChI is InChI=1S/C27H28N4O3S/c1-33-23-9-8-19(16-24(23)34-2)26-22(18-31(29-26)21-6-4-3-5-7-21)27(32)28-12-14-30-13-10-25-20(17-30)11-15-35-25/h3-9,11,15-16,18H,10,12-14,17H2,1-2H3,(H,28,32). The first kappa shape index (κ1) is 23.1. The molecule has 0 saturated carbocycles. The number of fused-ring (bicyclic) bond motifs is 1. The number of hydrogen-bond donors (Lipinski definition) is 1. The minimum Gasteiger partial charge on any atom is -0.493 e. The monoisotopic (exact) mass is 488 g/mol. The van der Waals surface area contributed by atoms with Gasteiger partial charge in [-0.15, -0.1) is 11.3 Å². The van der Waals surface area contributed by atoms with E-state index in [-0.39, 0.29) is 5.91 Å². The van der Waals surface area contributed by atoms with Crippen LogP contribution in [0, 0.1) is 0 Å². The first-order valence-corrected chi connectivity index (χ1v) is 12.5. The van der Waals surface area contributed by atoms with Crippen LogP contribution in [-0.4, -0.2) is 54.4 Å². The molecule has 0 unspecified atom stereocenters. The van der Waals surface area contributed by atoms with Gasteiger partial charge in [-0.25, -0.2) is 4.68 Å². The number of benzene rings is 2. The molecule has 0 radical (unpaired) electrons. The highest BCUT2D eigenvalue weighted by Crippen LogP contribution is 2.33. The second kappa shape index (κ2) is 10.3. The molecule has 1 amide bonds. The van der Waals surface area contributed by atoms with Crippen LogP contribution in [-0.2, 0) is 13.0 Å². The summed E-state index contributed by atoms with van der Waals surface area (Å²) in [6.07, 6.45) is 2.86. The van der Waals surface area contributed by atoms with E-state index in [1.165, 1.54) is 10.4 Å². The van der Waals surface area contributed by atoms with Gasteiger partial charge in [0, 0.05) is 42.8 Å². The summed E-state index contributed by atoms with van der Waals surface area (Å²) in [6, 6.07) is 17.5. The Labute approximate surface area is 208 Å². The fraction of sp³-hybridized carbons (Fsp3) is 0.259. The summed E-state index contributed by atoms with van der Waals surface area (Å²) in [5.74, 6) is 1.06. The van der Waals surface area contributed by atoms with E-state index in [1.54, 1.807) is 25.1 Å². The lowest BCUT2D eigenvalue weighted by Gasteiger charge is -2.26. The van der Waals surface area contributed by atoms with Crippen LogP contribution in [0.5, 0.6) is 11.5 Å². The molecule has 0 aliphatic carbocycles.